The fourth-order valence-electron chi connectivity index (χ4n) is 3.64. The zero-order valence-corrected chi connectivity index (χ0v) is 18.9. The van der Waals surface area contributed by atoms with E-state index in [-0.39, 0.29) is 11.7 Å². The molecule has 3 aromatic rings. The molecule has 0 radical (unpaired) electrons. The van der Waals surface area contributed by atoms with Crippen LogP contribution in [0.25, 0.3) is 6.08 Å². The first-order chi connectivity index (χ1) is 15.5. The number of carbonyl (C=O) groups excluding carboxylic acids is 1. The van der Waals surface area contributed by atoms with Crippen molar-refractivity contribution in [3.63, 3.8) is 0 Å². The van der Waals surface area contributed by atoms with Crippen LogP contribution in [0.5, 0.6) is 0 Å². The highest BCUT2D eigenvalue weighted by Crippen LogP contribution is 2.30. The summed E-state index contributed by atoms with van der Waals surface area (Å²) in [6.45, 7) is 4.08. The molecule has 1 aliphatic heterocycles. The number of hydrogen-bond donors (Lipinski definition) is 0. The van der Waals surface area contributed by atoms with Crippen molar-refractivity contribution < 1.29 is 9.18 Å². The van der Waals surface area contributed by atoms with Crippen LogP contribution in [-0.2, 0) is 11.2 Å². The van der Waals surface area contributed by atoms with Gasteiger partial charge in [0, 0.05) is 10.6 Å². The first-order valence-corrected chi connectivity index (χ1v) is 11.1. The number of rotatable bonds is 6. The SMILES string of the molecule is CCCCc1ccc(C2=N/C(=C\c3ccc(F)cc3)C(=O)N2c2ccc(Cl)c(C)c2)cc1. The molecule has 1 amide bonds. The molecule has 0 saturated heterocycles. The molecule has 1 heterocycles. The molecule has 0 atom stereocenters. The number of carbonyl (C=O) groups is 1. The Morgan fingerprint density at radius 3 is 2.41 bits per heavy atom. The van der Waals surface area contributed by atoms with Crippen LogP contribution in [0.2, 0.25) is 5.02 Å². The topological polar surface area (TPSA) is 32.7 Å². The maximum atomic E-state index is 13.4. The second-order valence-electron chi connectivity index (χ2n) is 7.89. The predicted octanol–water partition coefficient (Wildman–Crippen LogP) is 6.96. The van der Waals surface area contributed by atoms with Gasteiger partial charge in [-0.1, -0.05) is 61.3 Å². The summed E-state index contributed by atoms with van der Waals surface area (Å²) in [5, 5.41) is 0.640. The second-order valence-corrected chi connectivity index (χ2v) is 8.30. The van der Waals surface area contributed by atoms with Crippen LogP contribution in [0.1, 0.15) is 42.0 Å². The summed E-state index contributed by atoms with van der Waals surface area (Å²) < 4.78 is 13.3. The molecule has 162 valence electrons. The number of anilines is 1. The fourth-order valence-corrected chi connectivity index (χ4v) is 3.75. The Hall–Kier alpha value is -3.24. The second kappa shape index (κ2) is 9.49. The van der Waals surface area contributed by atoms with E-state index in [0.717, 1.165) is 30.4 Å². The molecule has 0 bridgehead atoms. The van der Waals surface area contributed by atoms with Crippen molar-refractivity contribution >= 4 is 35.1 Å². The van der Waals surface area contributed by atoms with Gasteiger partial charge in [0.25, 0.3) is 5.91 Å². The van der Waals surface area contributed by atoms with Crippen molar-refractivity contribution in [1.82, 2.24) is 0 Å². The normalized spacial score (nSPS) is 14.9. The number of amidine groups is 1. The Bertz CT molecular complexity index is 1200. The minimum atomic E-state index is -0.324. The summed E-state index contributed by atoms with van der Waals surface area (Å²) >= 11 is 6.21. The molecule has 0 aliphatic carbocycles. The van der Waals surface area contributed by atoms with Gasteiger partial charge in [-0.05, 0) is 72.9 Å². The molecule has 0 N–H and O–H groups in total. The molecule has 4 rings (SSSR count). The number of aryl methyl sites for hydroxylation is 2. The van der Waals surface area contributed by atoms with Gasteiger partial charge in [0.15, 0.2) is 0 Å². The third-order valence-corrected chi connectivity index (χ3v) is 5.89. The zero-order valence-electron chi connectivity index (χ0n) is 18.1. The average molecular weight is 447 g/mol. The van der Waals surface area contributed by atoms with Crippen LogP contribution < -0.4 is 4.90 Å². The summed E-state index contributed by atoms with van der Waals surface area (Å²) in [5.74, 6) is 0.00347. The largest absolute Gasteiger partial charge is 0.282 e. The van der Waals surface area contributed by atoms with Gasteiger partial charge in [-0.3, -0.25) is 9.69 Å². The molecule has 0 aromatic heterocycles. The quantitative estimate of drug-likeness (QED) is 0.376. The van der Waals surface area contributed by atoms with E-state index in [1.54, 1.807) is 29.2 Å². The van der Waals surface area contributed by atoms with Crippen molar-refractivity contribution in [3.8, 4) is 0 Å². The number of nitrogens with zero attached hydrogens (tertiary/aromatic N) is 2. The summed E-state index contributed by atoms with van der Waals surface area (Å²) in [6, 6.07) is 19.7. The van der Waals surface area contributed by atoms with Gasteiger partial charge in [-0.25, -0.2) is 9.38 Å². The van der Waals surface area contributed by atoms with E-state index in [1.165, 1.54) is 17.7 Å². The molecule has 0 unspecified atom stereocenters. The fraction of sp³-hybridized carbons (Fsp3) is 0.185. The van der Waals surface area contributed by atoms with Gasteiger partial charge in [-0.15, -0.1) is 0 Å². The summed E-state index contributed by atoms with van der Waals surface area (Å²) in [7, 11) is 0. The molecule has 3 nitrogen and oxygen atoms in total. The van der Waals surface area contributed by atoms with Crippen LogP contribution in [0, 0.1) is 12.7 Å². The lowest BCUT2D eigenvalue weighted by Crippen LogP contribution is -2.32. The maximum absolute atomic E-state index is 13.4. The van der Waals surface area contributed by atoms with Crippen LogP contribution in [0.15, 0.2) is 77.4 Å². The van der Waals surface area contributed by atoms with Gasteiger partial charge in [0.2, 0.25) is 0 Å². The van der Waals surface area contributed by atoms with Crippen LogP contribution >= 0.6 is 11.6 Å². The van der Waals surface area contributed by atoms with Crippen molar-refractivity contribution in [2.45, 2.75) is 33.1 Å². The van der Waals surface area contributed by atoms with Gasteiger partial charge < -0.3 is 0 Å². The van der Waals surface area contributed by atoms with E-state index in [0.29, 0.717) is 27.8 Å². The lowest BCUT2D eigenvalue weighted by molar-refractivity contribution is -0.113. The lowest BCUT2D eigenvalue weighted by atomic mass is 10.1. The number of hydrogen-bond acceptors (Lipinski definition) is 2. The Balaban J connectivity index is 1.76. The van der Waals surface area contributed by atoms with E-state index >= 15 is 0 Å². The molecule has 32 heavy (non-hydrogen) atoms. The van der Waals surface area contributed by atoms with Crippen LogP contribution in [-0.4, -0.2) is 11.7 Å². The highest BCUT2D eigenvalue weighted by molar-refractivity contribution is 6.34. The third kappa shape index (κ3) is 4.66. The van der Waals surface area contributed by atoms with Gasteiger partial charge in [0.05, 0.1) is 5.69 Å². The molecule has 0 saturated carbocycles. The van der Waals surface area contributed by atoms with Crippen LogP contribution in [0.3, 0.4) is 0 Å². The van der Waals surface area contributed by atoms with Crippen molar-refractivity contribution in [1.29, 1.82) is 0 Å². The standard InChI is InChI=1S/C27H24ClFN2O/c1-3-4-5-19-6-10-21(11-7-19)26-30-25(17-20-8-12-22(29)13-9-20)27(32)31(26)23-14-15-24(28)18(2)16-23/h6-17H,3-5H2,1-2H3/b25-17-. The average Bonchev–Trinajstić information content (AvgIpc) is 3.12. The summed E-state index contributed by atoms with van der Waals surface area (Å²) in [5.41, 5.74) is 4.71. The molecule has 0 fully saturated rings. The van der Waals surface area contributed by atoms with Crippen molar-refractivity contribution in [3.05, 3.63) is 106 Å². The predicted molar refractivity (Wildman–Crippen MR) is 130 cm³/mol. The van der Waals surface area contributed by atoms with Gasteiger partial charge in [0.1, 0.15) is 17.3 Å². The van der Waals surface area contributed by atoms with Crippen molar-refractivity contribution in [2.24, 2.45) is 4.99 Å². The minimum Gasteiger partial charge on any atom is -0.266 e. The van der Waals surface area contributed by atoms with Crippen molar-refractivity contribution in [2.75, 3.05) is 4.90 Å². The molecule has 0 spiro atoms. The van der Waals surface area contributed by atoms with E-state index < -0.39 is 0 Å². The van der Waals surface area contributed by atoms with Crippen LogP contribution in [0.4, 0.5) is 10.1 Å². The molecule has 5 heteroatoms. The maximum Gasteiger partial charge on any atom is 0.282 e. The molecule has 1 aliphatic rings. The lowest BCUT2D eigenvalue weighted by Gasteiger charge is -2.19. The number of aliphatic imine (C=N–C) groups is 1. The number of halogens is 2. The van der Waals surface area contributed by atoms with E-state index in [4.69, 9.17) is 11.6 Å². The molecular formula is C27H24ClFN2O. The summed E-state index contributed by atoms with van der Waals surface area (Å²) in [6.07, 6.45) is 4.99. The summed E-state index contributed by atoms with van der Waals surface area (Å²) in [4.78, 5) is 19.7. The Kier molecular flexibility index (Phi) is 6.52. The first-order valence-electron chi connectivity index (χ1n) is 10.7. The zero-order chi connectivity index (χ0) is 22.7. The number of unbranched alkanes of at least 4 members (excludes halogenated alkanes) is 1. The Labute approximate surface area is 192 Å². The first kappa shape index (κ1) is 22.0. The Morgan fingerprint density at radius 2 is 1.75 bits per heavy atom. The molecular weight excluding hydrogens is 423 g/mol. The monoisotopic (exact) mass is 446 g/mol. The van der Waals surface area contributed by atoms with E-state index in [9.17, 15) is 9.18 Å². The van der Waals surface area contributed by atoms with E-state index in [1.807, 2.05) is 31.2 Å². The third-order valence-electron chi connectivity index (χ3n) is 5.46. The highest BCUT2D eigenvalue weighted by Gasteiger charge is 2.32. The number of amides is 1. The minimum absolute atomic E-state index is 0.235. The smallest absolute Gasteiger partial charge is 0.266 e. The van der Waals surface area contributed by atoms with Gasteiger partial charge >= 0.3 is 0 Å². The van der Waals surface area contributed by atoms with Gasteiger partial charge in [-0.2, -0.15) is 0 Å². The van der Waals surface area contributed by atoms with E-state index in [2.05, 4.69) is 24.0 Å². The highest BCUT2D eigenvalue weighted by atomic mass is 35.5. The molecule has 3 aromatic carbocycles. The Morgan fingerprint density at radius 1 is 1.03 bits per heavy atom. The number of benzene rings is 3.